The monoisotopic (exact) mass is 858 g/mol. The summed E-state index contributed by atoms with van der Waals surface area (Å²) in [6.07, 6.45) is 32.7. The molecule has 4 nitrogen and oxygen atoms in total. The van der Waals surface area contributed by atoms with Gasteiger partial charge in [0.05, 0.1) is 5.52 Å². The zero-order chi connectivity index (χ0) is 45.4. The molecule has 0 saturated heterocycles. The third-order valence-electron chi connectivity index (χ3n) is 12.4. The minimum atomic E-state index is 0.105. The third kappa shape index (κ3) is 9.42. The number of aromatic nitrogens is 4. The summed E-state index contributed by atoms with van der Waals surface area (Å²) in [6.45, 7) is 2.23. The SMILES string of the molecule is C#C\C=C/C=C\C=C1/C=CC=C=C1C(C)c1ccc(-c2cc(-c3nc(-c4ccc(-c5ccccc5)cc4)nc(-c4ccc(C5C=CC=CC5)cc4)n3)cc(-c3cccc4cccnc34)c2)cc1. The van der Waals surface area contributed by atoms with Gasteiger partial charge in [0.2, 0.25) is 0 Å². The van der Waals surface area contributed by atoms with Crippen LogP contribution in [0.4, 0.5) is 0 Å². The minimum Gasteiger partial charge on any atom is -0.256 e. The summed E-state index contributed by atoms with van der Waals surface area (Å²) in [5.41, 5.74) is 18.3. The van der Waals surface area contributed by atoms with E-state index in [-0.39, 0.29) is 5.92 Å². The second-order valence-electron chi connectivity index (χ2n) is 16.7. The number of benzene rings is 6. The molecule has 0 fully saturated rings. The van der Waals surface area contributed by atoms with Gasteiger partial charge in [0.1, 0.15) is 0 Å². The predicted octanol–water partition coefficient (Wildman–Crippen LogP) is 15.4. The largest absolute Gasteiger partial charge is 0.256 e. The highest BCUT2D eigenvalue weighted by atomic mass is 15.0. The van der Waals surface area contributed by atoms with E-state index in [1.54, 1.807) is 6.08 Å². The van der Waals surface area contributed by atoms with Crippen LogP contribution in [0.5, 0.6) is 0 Å². The number of para-hydroxylation sites is 1. The molecule has 2 atom stereocenters. The topological polar surface area (TPSA) is 51.6 Å². The van der Waals surface area contributed by atoms with Crippen LogP contribution < -0.4 is 0 Å². The molecule has 2 aromatic heterocycles. The Hall–Kier alpha value is -8.74. The van der Waals surface area contributed by atoms with Gasteiger partial charge >= 0.3 is 0 Å². The lowest BCUT2D eigenvalue weighted by Gasteiger charge is -2.18. The van der Waals surface area contributed by atoms with Crippen molar-refractivity contribution in [1.82, 2.24) is 19.9 Å². The Morgan fingerprint density at radius 3 is 2.01 bits per heavy atom. The van der Waals surface area contributed by atoms with Gasteiger partial charge in [0, 0.05) is 51.2 Å². The van der Waals surface area contributed by atoms with E-state index in [9.17, 15) is 0 Å². The average molecular weight is 859 g/mol. The predicted molar refractivity (Wildman–Crippen MR) is 278 cm³/mol. The molecule has 4 heteroatoms. The molecule has 8 aromatic rings. The van der Waals surface area contributed by atoms with Crippen LogP contribution in [0, 0.1) is 12.3 Å². The van der Waals surface area contributed by atoms with Crippen LogP contribution in [-0.2, 0) is 0 Å². The molecule has 2 unspecified atom stereocenters. The van der Waals surface area contributed by atoms with Crippen LogP contribution in [-0.4, -0.2) is 19.9 Å². The lowest BCUT2D eigenvalue weighted by atomic mass is 9.86. The Bertz CT molecular complexity index is 3400. The Labute approximate surface area is 392 Å². The van der Waals surface area contributed by atoms with Crippen LogP contribution in [0.25, 0.3) is 78.4 Å². The van der Waals surface area contributed by atoms with Crippen molar-refractivity contribution in [3.63, 3.8) is 0 Å². The molecule has 0 radical (unpaired) electrons. The molecular formula is C63H46N4. The van der Waals surface area contributed by atoms with Crippen LogP contribution in [0.15, 0.2) is 248 Å². The molecule has 2 aliphatic rings. The van der Waals surface area contributed by atoms with Crippen molar-refractivity contribution in [1.29, 1.82) is 0 Å². The van der Waals surface area contributed by atoms with Crippen LogP contribution in [0.2, 0.25) is 0 Å². The highest BCUT2D eigenvalue weighted by Gasteiger charge is 2.19. The van der Waals surface area contributed by atoms with E-state index in [0.29, 0.717) is 23.4 Å². The lowest BCUT2D eigenvalue weighted by molar-refractivity contribution is 0.854. The van der Waals surface area contributed by atoms with E-state index in [1.165, 1.54) is 11.1 Å². The average Bonchev–Trinajstić information content (AvgIpc) is 3.41. The first-order valence-electron chi connectivity index (χ1n) is 22.7. The van der Waals surface area contributed by atoms with E-state index in [4.69, 9.17) is 26.4 Å². The second-order valence-corrected chi connectivity index (χ2v) is 16.7. The normalized spacial score (nSPS) is 15.4. The van der Waals surface area contributed by atoms with Gasteiger partial charge < -0.3 is 0 Å². The van der Waals surface area contributed by atoms with Crippen molar-refractivity contribution in [2.45, 2.75) is 25.2 Å². The van der Waals surface area contributed by atoms with Gasteiger partial charge in [-0.15, -0.1) is 12.2 Å². The fraction of sp³-hybridized carbons (Fsp3) is 0.0635. The number of pyridine rings is 1. The molecular weight excluding hydrogens is 813 g/mol. The number of nitrogens with zero attached hydrogens (tertiary/aromatic N) is 4. The molecule has 318 valence electrons. The molecule has 0 spiro atoms. The number of fused-ring (bicyclic) bond motifs is 1. The Kier molecular flexibility index (Phi) is 12.3. The van der Waals surface area contributed by atoms with Crippen molar-refractivity contribution < 1.29 is 0 Å². The maximum Gasteiger partial charge on any atom is 0.164 e. The first-order chi connectivity index (χ1) is 33.1. The van der Waals surface area contributed by atoms with E-state index in [0.717, 1.165) is 78.5 Å². The first-order valence-corrected chi connectivity index (χ1v) is 22.7. The van der Waals surface area contributed by atoms with Crippen molar-refractivity contribution >= 4 is 10.9 Å². The summed E-state index contributed by atoms with van der Waals surface area (Å²) in [4.78, 5) is 20.6. The number of rotatable bonds is 11. The molecule has 2 heterocycles. The zero-order valence-corrected chi connectivity index (χ0v) is 37.2. The summed E-state index contributed by atoms with van der Waals surface area (Å²) in [6, 6.07) is 53.5. The molecule has 2 aliphatic carbocycles. The summed E-state index contributed by atoms with van der Waals surface area (Å²) < 4.78 is 0. The molecule has 67 heavy (non-hydrogen) atoms. The molecule has 0 bridgehead atoms. The Morgan fingerprint density at radius 1 is 0.612 bits per heavy atom. The Balaban J connectivity index is 1.08. The van der Waals surface area contributed by atoms with E-state index < -0.39 is 0 Å². The van der Waals surface area contributed by atoms with Crippen molar-refractivity contribution in [3.8, 4) is 79.9 Å². The number of allylic oxidation sites excluding steroid dienone is 13. The maximum absolute atomic E-state index is 5.38. The molecule has 0 aliphatic heterocycles. The van der Waals surface area contributed by atoms with Crippen LogP contribution in [0.1, 0.15) is 36.3 Å². The summed E-state index contributed by atoms with van der Waals surface area (Å²) in [7, 11) is 0. The van der Waals surface area contributed by atoms with Gasteiger partial charge in [-0.1, -0.05) is 201 Å². The minimum absolute atomic E-state index is 0.105. The number of hydrogen-bond donors (Lipinski definition) is 0. The zero-order valence-electron chi connectivity index (χ0n) is 37.2. The number of terminal acetylenes is 1. The smallest absolute Gasteiger partial charge is 0.164 e. The van der Waals surface area contributed by atoms with Crippen molar-refractivity contribution in [2.24, 2.45) is 0 Å². The fourth-order valence-corrected chi connectivity index (χ4v) is 8.78. The van der Waals surface area contributed by atoms with Gasteiger partial charge in [0.15, 0.2) is 17.5 Å². The van der Waals surface area contributed by atoms with Crippen LogP contribution >= 0.6 is 0 Å². The molecule has 0 amide bonds. The van der Waals surface area contributed by atoms with Gasteiger partial charge in [-0.3, -0.25) is 4.98 Å². The second kappa shape index (κ2) is 19.6. The standard InChI is InChI=1S/C63H46N4/c1-3-4-5-6-9-22-51-23-14-15-26-58(51)44(2)45-28-30-50(31-29-45)55-41-56(59-27-16-24-52-25-17-40-64-60(52)59)43-57(42-55)63-66-61(53-36-32-48(33-37-53)46-18-10-7-11-19-46)65-62(67-63)54-38-34-49(35-39-54)47-20-12-8-13-21-47/h1,4-20,22-25,27-44,47H,21H2,2H3/b5-4-,9-6-,51-22+. The number of hydrogen-bond acceptors (Lipinski definition) is 4. The maximum atomic E-state index is 5.38. The highest BCUT2D eigenvalue weighted by molar-refractivity contribution is 5.95. The van der Waals surface area contributed by atoms with Crippen molar-refractivity contribution in [2.75, 3.05) is 0 Å². The summed E-state index contributed by atoms with van der Waals surface area (Å²) in [5.74, 6) is 4.79. The third-order valence-corrected chi connectivity index (χ3v) is 12.4. The van der Waals surface area contributed by atoms with E-state index in [1.807, 2.05) is 48.7 Å². The molecule has 6 aromatic carbocycles. The lowest BCUT2D eigenvalue weighted by Crippen LogP contribution is -2.02. The summed E-state index contributed by atoms with van der Waals surface area (Å²) in [5, 5.41) is 1.08. The quantitative estimate of drug-likeness (QED) is 0.0739. The molecule has 0 N–H and O–H groups in total. The highest BCUT2D eigenvalue weighted by Crippen LogP contribution is 2.38. The van der Waals surface area contributed by atoms with E-state index in [2.05, 4.69) is 195 Å². The van der Waals surface area contributed by atoms with Gasteiger partial charge in [0.25, 0.3) is 0 Å². The van der Waals surface area contributed by atoms with E-state index >= 15 is 0 Å². The van der Waals surface area contributed by atoms with Crippen LogP contribution in [0.3, 0.4) is 0 Å². The Morgan fingerprint density at radius 2 is 1.27 bits per heavy atom. The van der Waals surface area contributed by atoms with Crippen molar-refractivity contribution in [3.05, 3.63) is 259 Å². The van der Waals surface area contributed by atoms with Gasteiger partial charge in [-0.2, -0.15) is 0 Å². The molecule has 10 rings (SSSR count). The fourth-order valence-electron chi connectivity index (χ4n) is 8.78. The van der Waals surface area contributed by atoms with Gasteiger partial charge in [-0.05, 0) is 87.4 Å². The van der Waals surface area contributed by atoms with Gasteiger partial charge in [-0.25, -0.2) is 15.0 Å². The molecule has 0 saturated carbocycles. The summed E-state index contributed by atoms with van der Waals surface area (Å²) >= 11 is 0. The first kappa shape index (κ1) is 42.2.